The van der Waals surface area contributed by atoms with E-state index in [9.17, 15) is 0 Å². The molecule has 0 fully saturated rings. The molecular formula is C52H33NS2. The second-order valence-corrected chi connectivity index (χ2v) is 16.2. The Hall–Kier alpha value is -6.52. The number of hydrogen-bond donors (Lipinski definition) is 0. The van der Waals surface area contributed by atoms with Crippen molar-refractivity contribution in [3.63, 3.8) is 0 Å². The van der Waals surface area contributed by atoms with Crippen molar-refractivity contribution in [2.24, 2.45) is 0 Å². The van der Waals surface area contributed by atoms with E-state index in [1.165, 1.54) is 90.2 Å². The van der Waals surface area contributed by atoms with Crippen molar-refractivity contribution in [3.8, 4) is 33.4 Å². The smallest absolute Gasteiger partial charge is 0.0554 e. The molecule has 258 valence electrons. The summed E-state index contributed by atoms with van der Waals surface area (Å²) < 4.78 is 5.21. The lowest BCUT2D eigenvalue weighted by Crippen LogP contribution is -2.10. The fraction of sp³-hybridized carbons (Fsp3) is 0. The van der Waals surface area contributed by atoms with Gasteiger partial charge in [0.1, 0.15) is 0 Å². The minimum absolute atomic E-state index is 1.12. The van der Waals surface area contributed by atoms with Gasteiger partial charge in [-0.05, 0) is 87.1 Å². The fourth-order valence-corrected chi connectivity index (χ4v) is 10.7. The van der Waals surface area contributed by atoms with Crippen LogP contribution in [0.5, 0.6) is 0 Å². The minimum atomic E-state index is 1.12. The zero-order chi connectivity index (χ0) is 36.3. The zero-order valence-corrected chi connectivity index (χ0v) is 31.4. The van der Waals surface area contributed by atoms with Crippen molar-refractivity contribution in [3.05, 3.63) is 200 Å². The highest BCUT2D eigenvalue weighted by atomic mass is 32.1. The summed E-state index contributed by atoms with van der Waals surface area (Å²) >= 11 is 3.75. The third-order valence-corrected chi connectivity index (χ3v) is 13.2. The molecule has 0 radical (unpaired) electrons. The van der Waals surface area contributed by atoms with E-state index in [2.05, 4.69) is 205 Å². The molecule has 0 bridgehead atoms. The second kappa shape index (κ2) is 13.1. The van der Waals surface area contributed by atoms with Crippen LogP contribution < -0.4 is 4.90 Å². The summed E-state index contributed by atoms with van der Waals surface area (Å²) in [6, 6.07) is 73.4. The summed E-state index contributed by atoms with van der Waals surface area (Å²) in [5, 5.41) is 7.69. The molecule has 0 saturated heterocycles. The summed E-state index contributed by atoms with van der Waals surface area (Å²) in [6.07, 6.45) is 0. The first-order chi connectivity index (χ1) is 27.3. The van der Waals surface area contributed by atoms with E-state index in [0.717, 1.165) is 11.4 Å². The lowest BCUT2D eigenvalue weighted by atomic mass is 9.92. The Morgan fingerprint density at radius 3 is 1.78 bits per heavy atom. The van der Waals surface area contributed by atoms with E-state index >= 15 is 0 Å². The van der Waals surface area contributed by atoms with E-state index in [1.807, 2.05) is 22.7 Å². The van der Waals surface area contributed by atoms with Crippen LogP contribution in [0.4, 0.5) is 17.1 Å². The van der Waals surface area contributed by atoms with E-state index in [0.29, 0.717) is 0 Å². The number of nitrogens with zero attached hydrogens (tertiary/aromatic N) is 1. The quantitative estimate of drug-likeness (QED) is 0.164. The molecule has 0 atom stereocenters. The van der Waals surface area contributed by atoms with E-state index < -0.39 is 0 Å². The Morgan fingerprint density at radius 2 is 0.927 bits per heavy atom. The van der Waals surface area contributed by atoms with E-state index in [-0.39, 0.29) is 0 Å². The molecule has 0 aliphatic rings. The number of thiophene rings is 2. The molecule has 0 amide bonds. The van der Waals surface area contributed by atoms with Crippen LogP contribution in [0.3, 0.4) is 0 Å². The van der Waals surface area contributed by atoms with Crippen molar-refractivity contribution in [1.82, 2.24) is 0 Å². The van der Waals surface area contributed by atoms with E-state index in [1.54, 1.807) is 0 Å². The van der Waals surface area contributed by atoms with Gasteiger partial charge in [-0.1, -0.05) is 152 Å². The lowest BCUT2D eigenvalue weighted by Gasteiger charge is -2.28. The van der Waals surface area contributed by atoms with Crippen LogP contribution in [0.15, 0.2) is 200 Å². The molecule has 0 aliphatic heterocycles. The predicted octanol–water partition coefficient (Wildman–Crippen LogP) is 16.0. The number of fused-ring (bicyclic) bond motifs is 7. The molecule has 1 nitrogen and oxygen atoms in total. The molecule has 9 aromatic carbocycles. The zero-order valence-electron chi connectivity index (χ0n) is 29.8. The lowest BCUT2D eigenvalue weighted by molar-refractivity contribution is 1.30. The highest BCUT2D eigenvalue weighted by Gasteiger charge is 2.22. The number of benzene rings is 9. The first kappa shape index (κ1) is 32.0. The second-order valence-electron chi connectivity index (χ2n) is 14.0. The van der Waals surface area contributed by atoms with Crippen LogP contribution in [-0.4, -0.2) is 0 Å². The molecule has 2 heterocycles. The highest BCUT2D eigenvalue weighted by molar-refractivity contribution is 7.26. The SMILES string of the molecule is c1ccc(-c2ccc(N(c3ccc(-c4cccc5ccccc45)cc3)c3cccc4sc5ccccc5c34)cc2-c2cccc3c2sc2ccccc23)cc1. The summed E-state index contributed by atoms with van der Waals surface area (Å²) in [6.45, 7) is 0. The molecular weight excluding hydrogens is 703 g/mol. The highest BCUT2D eigenvalue weighted by Crippen LogP contribution is 2.48. The molecule has 11 aromatic rings. The molecule has 2 aromatic heterocycles. The van der Waals surface area contributed by atoms with Crippen LogP contribution in [0.2, 0.25) is 0 Å². The Labute approximate surface area is 327 Å². The summed E-state index contributed by atoms with van der Waals surface area (Å²) in [7, 11) is 0. The van der Waals surface area contributed by atoms with Gasteiger partial charge < -0.3 is 4.90 Å². The monoisotopic (exact) mass is 735 g/mol. The van der Waals surface area contributed by atoms with Crippen molar-refractivity contribution in [1.29, 1.82) is 0 Å². The normalized spacial score (nSPS) is 11.6. The summed E-state index contributed by atoms with van der Waals surface area (Å²) in [5.74, 6) is 0. The van der Waals surface area contributed by atoms with Gasteiger partial charge in [-0.2, -0.15) is 0 Å². The molecule has 3 heteroatoms. The largest absolute Gasteiger partial charge is 0.310 e. The molecule has 0 aliphatic carbocycles. The third-order valence-electron chi connectivity index (χ3n) is 10.9. The average molecular weight is 736 g/mol. The Balaban J connectivity index is 1.16. The van der Waals surface area contributed by atoms with Crippen LogP contribution in [0, 0.1) is 0 Å². The van der Waals surface area contributed by atoms with Gasteiger partial charge in [0.25, 0.3) is 0 Å². The molecule has 11 rings (SSSR count). The Morgan fingerprint density at radius 1 is 0.327 bits per heavy atom. The number of anilines is 3. The van der Waals surface area contributed by atoms with Gasteiger partial charge in [0, 0.05) is 57.3 Å². The predicted molar refractivity (Wildman–Crippen MR) is 241 cm³/mol. The van der Waals surface area contributed by atoms with Gasteiger partial charge in [0.15, 0.2) is 0 Å². The van der Waals surface area contributed by atoms with Crippen molar-refractivity contribution in [2.45, 2.75) is 0 Å². The van der Waals surface area contributed by atoms with Crippen LogP contribution in [0.25, 0.3) is 84.5 Å². The standard InChI is InChI=1S/C52H33NS2/c1-2-13-34(14-3-1)41-32-31-38(33-46(41)44-22-11-21-43-42-18-6-8-24-48(42)55-52(43)44)53(47-23-12-26-50-51(47)45-19-7-9-25-49(45)54-50)37-29-27-36(28-30-37)40-20-10-16-35-15-4-5-17-39(35)40/h1-33H. The molecule has 0 saturated carbocycles. The maximum atomic E-state index is 2.47. The molecule has 0 N–H and O–H groups in total. The van der Waals surface area contributed by atoms with Crippen molar-refractivity contribution in [2.75, 3.05) is 4.90 Å². The minimum Gasteiger partial charge on any atom is -0.310 e. The summed E-state index contributed by atoms with van der Waals surface area (Å²) in [5.41, 5.74) is 10.8. The Kier molecular flexibility index (Phi) is 7.61. The maximum absolute atomic E-state index is 2.47. The van der Waals surface area contributed by atoms with Crippen LogP contribution in [-0.2, 0) is 0 Å². The first-order valence-corrected chi connectivity index (χ1v) is 20.3. The van der Waals surface area contributed by atoms with Gasteiger partial charge in [-0.3, -0.25) is 0 Å². The van der Waals surface area contributed by atoms with Crippen LogP contribution >= 0.6 is 22.7 Å². The van der Waals surface area contributed by atoms with Gasteiger partial charge in [-0.15, -0.1) is 22.7 Å². The molecule has 0 unspecified atom stereocenters. The van der Waals surface area contributed by atoms with Gasteiger partial charge in [-0.25, -0.2) is 0 Å². The first-order valence-electron chi connectivity index (χ1n) is 18.7. The van der Waals surface area contributed by atoms with Crippen molar-refractivity contribution < 1.29 is 0 Å². The topological polar surface area (TPSA) is 3.24 Å². The number of hydrogen-bond acceptors (Lipinski definition) is 3. The summed E-state index contributed by atoms with van der Waals surface area (Å²) in [4.78, 5) is 2.47. The van der Waals surface area contributed by atoms with E-state index in [4.69, 9.17) is 0 Å². The average Bonchev–Trinajstić information content (AvgIpc) is 3.83. The van der Waals surface area contributed by atoms with Crippen LogP contribution in [0.1, 0.15) is 0 Å². The van der Waals surface area contributed by atoms with Gasteiger partial charge in [0.2, 0.25) is 0 Å². The van der Waals surface area contributed by atoms with Crippen molar-refractivity contribution >= 4 is 90.9 Å². The van der Waals surface area contributed by atoms with Gasteiger partial charge in [0.05, 0.1) is 5.69 Å². The number of rotatable bonds is 6. The molecule has 0 spiro atoms. The molecule has 55 heavy (non-hydrogen) atoms. The third kappa shape index (κ3) is 5.35. The Bertz CT molecular complexity index is 3200. The fourth-order valence-electron chi connectivity index (χ4n) is 8.36. The van der Waals surface area contributed by atoms with Gasteiger partial charge >= 0.3 is 0 Å². The maximum Gasteiger partial charge on any atom is 0.0554 e.